The molecule has 3 aliphatic rings. The average molecular weight is 672 g/mol. The summed E-state index contributed by atoms with van der Waals surface area (Å²) in [5, 5.41) is 1.32. The van der Waals surface area contributed by atoms with Crippen LogP contribution in [0.5, 0.6) is 0 Å². The van der Waals surface area contributed by atoms with Gasteiger partial charge in [0.1, 0.15) is 0 Å². The number of piperidine rings is 1. The zero-order chi connectivity index (χ0) is 28.6. The number of hydrogen-bond donors (Lipinski definition) is 2. The van der Waals surface area contributed by atoms with Crippen LogP contribution >= 0.6 is 39.1 Å². The Balaban J connectivity index is 1.27. The Morgan fingerprint density at radius 3 is 2.55 bits per heavy atom. The lowest BCUT2D eigenvalue weighted by molar-refractivity contribution is -0.133. The van der Waals surface area contributed by atoms with Gasteiger partial charge < -0.3 is 15.5 Å². The molecule has 3 heterocycles. The third kappa shape index (κ3) is 6.43. The number of nitrogens with zero attached hydrogens (tertiary/aromatic N) is 4. The lowest BCUT2D eigenvalue weighted by Gasteiger charge is -2.37. The van der Waals surface area contributed by atoms with Gasteiger partial charge in [0.05, 0.1) is 5.69 Å². The van der Waals surface area contributed by atoms with Crippen molar-refractivity contribution in [1.82, 2.24) is 19.5 Å². The normalized spacial score (nSPS) is 22.1. The van der Waals surface area contributed by atoms with Crippen LogP contribution in [0, 0.1) is 11.8 Å². The molecule has 1 amide bonds. The second-order valence-electron chi connectivity index (χ2n) is 10.8. The Hall–Kier alpha value is -1.92. The van der Waals surface area contributed by atoms with E-state index in [1.807, 2.05) is 23.2 Å². The summed E-state index contributed by atoms with van der Waals surface area (Å²) in [6.45, 7) is 2.43. The highest BCUT2D eigenvalue weighted by molar-refractivity contribution is 9.10. The van der Waals surface area contributed by atoms with Gasteiger partial charge in [-0.15, -0.1) is 4.40 Å². The fourth-order valence-corrected chi connectivity index (χ4v) is 7.81. The third-order valence-electron chi connectivity index (χ3n) is 8.33. The molecule has 1 aromatic heterocycles. The molecule has 40 heavy (non-hydrogen) atoms. The summed E-state index contributed by atoms with van der Waals surface area (Å²) < 4.78 is 30.1. The molecule has 2 saturated heterocycles. The van der Waals surface area contributed by atoms with Crippen LogP contribution in [0.15, 0.2) is 33.3 Å². The first kappa shape index (κ1) is 29.6. The second-order valence-corrected chi connectivity index (χ2v) is 14.1. The Kier molecular flexibility index (Phi) is 8.97. The van der Waals surface area contributed by atoms with Crippen LogP contribution in [0.4, 0.5) is 0 Å². The van der Waals surface area contributed by atoms with E-state index >= 15 is 0 Å². The highest BCUT2D eigenvalue weighted by Gasteiger charge is 2.37. The average Bonchev–Trinajstić information content (AvgIpc) is 3.32. The zero-order valence-corrected chi connectivity index (χ0v) is 26.2. The molecule has 13 heteroatoms. The van der Waals surface area contributed by atoms with E-state index in [0.717, 1.165) is 47.8 Å². The predicted octanol–water partition coefficient (Wildman–Crippen LogP) is 4.11. The number of benzene rings is 1. The van der Waals surface area contributed by atoms with E-state index in [9.17, 15) is 13.2 Å². The van der Waals surface area contributed by atoms with E-state index in [-0.39, 0.29) is 23.7 Å². The van der Waals surface area contributed by atoms with Crippen molar-refractivity contribution in [1.29, 1.82) is 0 Å². The number of nitrogens with two attached hydrogens (primary N) is 1. The molecule has 9 nitrogen and oxygen atoms in total. The van der Waals surface area contributed by atoms with Crippen LogP contribution < -0.4 is 10.5 Å². The monoisotopic (exact) mass is 670 g/mol. The van der Waals surface area contributed by atoms with Gasteiger partial charge in [-0.05, 0) is 94.8 Å². The smallest absolute Gasteiger partial charge is 0.322 e. The van der Waals surface area contributed by atoms with Gasteiger partial charge in [0.15, 0.2) is 0 Å². The molecule has 5 rings (SSSR count). The van der Waals surface area contributed by atoms with Crippen LogP contribution in [0.25, 0.3) is 0 Å². The van der Waals surface area contributed by atoms with E-state index in [1.165, 1.54) is 18.2 Å². The molecule has 2 aliphatic heterocycles. The number of carbonyl (C=O) groups is 1. The van der Waals surface area contributed by atoms with Crippen LogP contribution in [-0.4, -0.2) is 68.3 Å². The minimum atomic E-state index is -3.80. The van der Waals surface area contributed by atoms with E-state index in [2.05, 4.69) is 31.1 Å². The minimum Gasteiger partial charge on any atom is -0.369 e. The maximum absolute atomic E-state index is 13.3. The molecule has 0 bridgehead atoms. The van der Waals surface area contributed by atoms with Gasteiger partial charge in [0, 0.05) is 66.3 Å². The Labute approximate surface area is 253 Å². The Morgan fingerprint density at radius 2 is 1.82 bits per heavy atom. The van der Waals surface area contributed by atoms with Crippen molar-refractivity contribution >= 4 is 61.2 Å². The molecule has 2 fully saturated rings. The fourth-order valence-electron chi connectivity index (χ4n) is 6.32. The van der Waals surface area contributed by atoms with Gasteiger partial charge in [-0.2, -0.15) is 13.1 Å². The molecule has 1 aliphatic carbocycles. The molecule has 1 aromatic carbocycles. The summed E-state index contributed by atoms with van der Waals surface area (Å²) >= 11 is 16.8. The van der Waals surface area contributed by atoms with Crippen molar-refractivity contribution in [2.24, 2.45) is 22.0 Å². The number of hydrogen-bond acceptors (Lipinski definition) is 4. The number of halogens is 3. The van der Waals surface area contributed by atoms with Gasteiger partial charge in [0.2, 0.25) is 11.9 Å². The summed E-state index contributed by atoms with van der Waals surface area (Å²) in [4.78, 5) is 21.8. The number of fused-ring (bicyclic) bond motifs is 2. The molecule has 3 N–H and O–H groups in total. The number of nitrogens with one attached hydrogen (secondary N) is 1. The third-order valence-corrected chi connectivity index (χ3v) is 10.2. The predicted molar refractivity (Wildman–Crippen MR) is 161 cm³/mol. The number of amides is 1. The molecule has 2 aromatic rings. The van der Waals surface area contributed by atoms with Crippen molar-refractivity contribution in [3.8, 4) is 0 Å². The number of aromatic nitrogens is 1. The first-order valence-corrected chi connectivity index (χ1v) is 16.5. The molecule has 0 spiro atoms. The summed E-state index contributed by atoms with van der Waals surface area (Å²) in [7, 11) is -2.52. The summed E-state index contributed by atoms with van der Waals surface area (Å²) in [6.07, 6.45) is 6.44. The molecule has 2 unspecified atom stereocenters. The van der Waals surface area contributed by atoms with Crippen LogP contribution in [0.1, 0.15) is 54.0 Å². The molecule has 0 saturated carbocycles. The molecule has 2 atom stereocenters. The van der Waals surface area contributed by atoms with Gasteiger partial charge in [-0.1, -0.05) is 23.2 Å². The minimum absolute atomic E-state index is 0.0437. The van der Waals surface area contributed by atoms with E-state index in [4.69, 9.17) is 33.9 Å². The summed E-state index contributed by atoms with van der Waals surface area (Å²) in [5.41, 5.74) is 10.5. The van der Waals surface area contributed by atoms with Crippen LogP contribution in [0.2, 0.25) is 10.0 Å². The van der Waals surface area contributed by atoms with Gasteiger partial charge in [0.25, 0.3) is 0 Å². The van der Waals surface area contributed by atoms with Crippen molar-refractivity contribution in [3.05, 3.63) is 61.3 Å². The van der Waals surface area contributed by atoms with E-state index in [0.29, 0.717) is 48.6 Å². The fraction of sp³-hybridized carbons (Fsp3) is 0.519. The number of likely N-dealkylation sites (tertiary alicyclic amines) is 2. The van der Waals surface area contributed by atoms with Gasteiger partial charge in [-0.3, -0.25) is 9.78 Å². The van der Waals surface area contributed by atoms with Gasteiger partial charge in [-0.25, -0.2) is 0 Å². The van der Waals surface area contributed by atoms with Crippen molar-refractivity contribution in [2.45, 2.75) is 44.4 Å². The van der Waals surface area contributed by atoms with E-state index < -0.39 is 10.2 Å². The standard InChI is InChI=1S/C27H33BrCl2N6O3S/c1-32-40(38,39)34-27(31)36-7-4-16(15-36)10-23(37)35-8-5-17(6-9-35)25-24-18(12-21(29)13-22(24)30)2-3-19-11-20(28)14-33-26(19)25/h11-14,16-17,25,32H,2-10,15H2,1H3,(H2,31,34). The molecule has 0 radical (unpaired) electrons. The highest BCUT2D eigenvalue weighted by Crippen LogP contribution is 2.46. The molecule has 216 valence electrons. The first-order valence-electron chi connectivity index (χ1n) is 13.5. The van der Waals surface area contributed by atoms with Crippen molar-refractivity contribution in [2.75, 3.05) is 33.2 Å². The lowest BCUT2D eigenvalue weighted by Crippen LogP contribution is -2.41. The Morgan fingerprint density at radius 1 is 1.12 bits per heavy atom. The molecular formula is C27H33BrCl2N6O3S. The number of rotatable bonds is 5. The first-order chi connectivity index (χ1) is 19.0. The van der Waals surface area contributed by atoms with Crippen molar-refractivity contribution in [3.63, 3.8) is 0 Å². The quantitative estimate of drug-likeness (QED) is 0.365. The number of pyridine rings is 1. The maximum atomic E-state index is 13.3. The van der Waals surface area contributed by atoms with Crippen LogP contribution in [0.3, 0.4) is 0 Å². The molecular weight excluding hydrogens is 639 g/mol. The Bertz CT molecular complexity index is 1430. The summed E-state index contributed by atoms with van der Waals surface area (Å²) in [5.74, 6) is 0.510. The number of guanidine groups is 1. The SMILES string of the molecule is CNS(=O)(=O)N=C(N)N1CCC(CC(=O)N2CCC(C3c4ncc(Br)cc4CCc4cc(Cl)cc(Cl)c43)CC2)C1. The maximum Gasteiger partial charge on any atom is 0.322 e. The number of carbonyl (C=O) groups excluding carboxylic acids is 1. The van der Waals surface area contributed by atoms with Crippen LogP contribution in [-0.2, 0) is 27.8 Å². The van der Waals surface area contributed by atoms with E-state index in [1.54, 1.807) is 4.90 Å². The zero-order valence-electron chi connectivity index (χ0n) is 22.2. The van der Waals surface area contributed by atoms with Gasteiger partial charge >= 0.3 is 10.2 Å². The van der Waals surface area contributed by atoms with Crippen molar-refractivity contribution < 1.29 is 13.2 Å². The number of aryl methyl sites for hydroxylation is 2. The highest BCUT2D eigenvalue weighted by atomic mass is 79.9. The summed E-state index contributed by atoms with van der Waals surface area (Å²) in [6, 6.07) is 6.02. The second kappa shape index (κ2) is 12.1. The lowest BCUT2D eigenvalue weighted by atomic mass is 9.76. The topological polar surface area (TPSA) is 121 Å². The largest absolute Gasteiger partial charge is 0.369 e.